The third-order valence-corrected chi connectivity index (χ3v) is 11.2. The topological polar surface area (TPSA) is 0 Å². The minimum Gasteiger partial charge on any atom is -0.0616 e. The summed E-state index contributed by atoms with van der Waals surface area (Å²) in [5, 5.41) is 15.8. The van der Waals surface area contributed by atoms with Crippen LogP contribution in [0.3, 0.4) is 0 Å². The summed E-state index contributed by atoms with van der Waals surface area (Å²) in [6, 6.07) is 59.3. The fraction of sp³-hybridized carbons (Fsp3) is 0.0800. The zero-order chi connectivity index (χ0) is 33.3. The summed E-state index contributed by atoms with van der Waals surface area (Å²) in [5.41, 5.74) is 10.8. The molecule has 0 fully saturated rings. The van der Waals surface area contributed by atoms with Crippen molar-refractivity contribution in [3.63, 3.8) is 0 Å². The third-order valence-electron chi connectivity index (χ3n) is 11.2. The molecule has 10 rings (SSSR count). The van der Waals surface area contributed by atoms with Crippen LogP contribution >= 0.6 is 0 Å². The Bertz CT molecular complexity index is 2860. The Labute approximate surface area is 292 Å². The molecule has 0 spiro atoms. The molecule has 0 radical (unpaired) electrons. The van der Waals surface area contributed by atoms with Crippen molar-refractivity contribution in [2.45, 2.75) is 26.7 Å². The van der Waals surface area contributed by atoms with Crippen LogP contribution in [0.15, 0.2) is 158 Å². The van der Waals surface area contributed by atoms with Crippen molar-refractivity contribution in [1.82, 2.24) is 0 Å². The van der Waals surface area contributed by atoms with Gasteiger partial charge in [-0.3, -0.25) is 0 Å². The molecule has 0 aliphatic carbocycles. The zero-order valence-corrected chi connectivity index (χ0v) is 28.4. The Morgan fingerprint density at radius 1 is 0.300 bits per heavy atom. The molecular formula is C50H36. The lowest BCUT2D eigenvalue weighted by Gasteiger charge is -2.22. The number of aryl methyl sites for hydroxylation is 2. The molecule has 0 aliphatic rings. The van der Waals surface area contributed by atoms with Crippen molar-refractivity contribution < 1.29 is 0 Å². The molecule has 0 unspecified atom stereocenters. The van der Waals surface area contributed by atoms with E-state index >= 15 is 0 Å². The van der Waals surface area contributed by atoms with Gasteiger partial charge < -0.3 is 0 Å². The highest BCUT2D eigenvalue weighted by Crippen LogP contribution is 2.48. The minimum absolute atomic E-state index is 0.950. The molecule has 0 N–H and O–H groups in total. The zero-order valence-electron chi connectivity index (χ0n) is 28.4. The van der Waals surface area contributed by atoms with E-state index in [0.717, 1.165) is 12.8 Å². The van der Waals surface area contributed by atoms with E-state index in [1.807, 2.05) is 0 Å². The molecule has 0 saturated heterocycles. The van der Waals surface area contributed by atoms with E-state index in [1.165, 1.54) is 109 Å². The summed E-state index contributed by atoms with van der Waals surface area (Å²) < 4.78 is 0. The third kappa shape index (κ3) is 4.18. The van der Waals surface area contributed by atoms with Gasteiger partial charge in [-0.2, -0.15) is 0 Å². The lowest BCUT2D eigenvalue weighted by molar-refractivity contribution is 1.11. The fourth-order valence-corrected chi connectivity index (χ4v) is 8.88. The quantitative estimate of drug-likeness (QED) is 0.130. The monoisotopic (exact) mass is 636 g/mol. The van der Waals surface area contributed by atoms with Crippen molar-refractivity contribution >= 4 is 64.6 Å². The highest BCUT2D eigenvalue weighted by Gasteiger charge is 2.21. The molecule has 0 bridgehead atoms. The molecule has 0 aliphatic heterocycles. The first-order chi connectivity index (χ1) is 24.7. The van der Waals surface area contributed by atoms with Gasteiger partial charge in [0.15, 0.2) is 0 Å². The summed E-state index contributed by atoms with van der Waals surface area (Å²) in [6.07, 6.45) is 1.91. The minimum atomic E-state index is 0.950. The molecule has 0 saturated carbocycles. The lowest BCUT2D eigenvalue weighted by Crippen LogP contribution is -1.98. The molecule has 0 heterocycles. The van der Waals surface area contributed by atoms with E-state index in [0.29, 0.717) is 0 Å². The standard InChI is InChI=1S/C50H36/c1-3-31-30-46(32(4-2)29-45(31)38-27-25-36-24-23-34-15-11-16-35-26-28-44(38)48(36)47(34)35)50-42-20-9-7-18-40(42)49(41-19-8-10-21-43(41)50)39-22-12-14-33-13-5-6-17-37(33)39/h5-30H,3-4H2,1-2H3. The van der Waals surface area contributed by atoms with Gasteiger partial charge >= 0.3 is 0 Å². The highest BCUT2D eigenvalue weighted by molar-refractivity contribution is 6.26. The van der Waals surface area contributed by atoms with Crippen LogP contribution in [0.1, 0.15) is 25.0 Å². The van der Waals surface area contributed by atoms with Crippen LogP contribution in [0.5, 0.6) is 0 Å². The van der Waals surface area contributed by atoms with Gasteiger partial charge in [-0.05, 0) is 122 Å². The number of benzene rings is 10. The van der Waals surface area contributed by atoms with Crippen molar-refractivity contribution in [2.24, 2.45) is 0 Å². The largest absolute Gasteiger partial charge is 0.0616 e. The van der Waals surface area contributed by atoms with Gasteiger partial charge in [0, 0.05) is 0 Å². The first-order valence-electron chi connectivity index (χ1n) is 18.0. The summed E-state index contributed by atoms with van der Waals surface area (Å²) in [7, 11) is 0. The van der Waals surface area contributed by atoms with Crippen molar-refractivity contribution in [3.05, 3.63) is 169 Å². The van der Waals surface area contributed by atoms with Crippen molar-refractivity contribution in [2.75, 3.05) is 0 Å². The van der Waals surface area contributed by atoms with E-state index in [4.69, 9.17) is 0 Å². The summed E-state index contributed by atoms with van der Waals surface area (Å²) in [4.78, 5) is 0. The van der Waals surface area contributed by atoms with Crippen molar-refractivity contribution in [1.29, 1.82) is 0 Å². The van der Waals surface area contributed by atoms with E-state index in [1.54, 1.807) is 0 Å². The van der Waals surface area contributed by atoms with Gasteiger partial charge in [-0.1, -0.05) is 172 Å². The first-order valence-corrected chi connectivity index (χ1v) is 18.0. The first kappa shape index (κ1) is 29.0. The Hall–Kier alpha value is -5.98. The second kappa shape index (κ2) is 11.3. The van der Waals surface area contributed by atoms with Gasteiger partial charge in [0.1, 0.15) is 0 Å². The van der Waals surface area contributed by atoms with E-state index < -0.39 is 0 Å². The molecular weight excluding hydrogens is 601 g/mol. The maximum absolute atomic E-state index is 2.53. The molecule has 50 heavy (non-hydrogen) atoms. The predicted octanol–water partition coefficient (Wildman–Crippen LogP) is 14.2. The normalized spacial score (nSPS) is 12.0. The molecule has 0 atom stereocenters. The molecule has 0 aromatic heterocycles. The van der Waals surface area contributed by atoms with Crippen LogP contribution in [-0.2, 0) is 12.8 Å². The number of hydrogen-bond acceptors (Lipinski definition) is 0. The molecule has 236 valence electrons. The Balaban J connectivity index is 1.27. The number of fused-ring (bicyclic) bond motifs is 3. The van der Waals surface area contributed by atoms with E-state index in [2.05, 4.69) is 172 Å². The van der Waals surface area contributed by atoms with Crippen LogP contribution in [0.4, 0.5) is 0 Å². The average molecular weight is 637 g/mol. The second-order valence-corrected chi connectivity index (χ2v) is 13.7. The number of rotatable bonds is 5. The predicted molar refractivity (Wildman–Crippen MR) is 218 cm³/mol. The van der Waals surface area contributed by atoms with Gasteiger partial charge in [-0.25, -0.2) is 0 Å². The molecule has 0 amide bonds. The fourth-order valence-electron chi connectivity index (χ4n) is 8.88. The maximum Gasteiger partial charge on any atom is -0.00201 e. The van der Waals surface area contributed by atoms with E-state index in [9.17, 15) is 0 Å². The van der Waals surface area contributed by atoms with Gasteiger partial charge in [0.25, 0.3) is 0 Å². The number of hydrogen-bond donors (Lipinski definition) is 0. The van der Waals surface area contributed by atoms with E-state index in [-0.39, 0.29) is 0 Å². The second-order valence-electron chi connectivity index (χ2n) is 13.7. The molecule has 0 nitrogen and oxygen atoms in total. The highest BCUT2D eigenvalue weighted by atomic mass is 14.2. The van der Waals surface area contributed by atoms with Gasteiger partial charge in [0.2, 0.25) is 0 Å². The molecule has 0 heteroatoms. The van der Waals surface area contributed by atoms with Gasteiger partial charge in [0.05, 0.1) is 0 Å². The van der Waals surface area contributed by atoms with Crippen molar-refractivity contribution in [3.8, 4) is 33.4 Å². The SMILES string of the molecule is CCc1cc(-c2ccc3ccc4cccc5ccc2c3c45)c(CC)cc1-c1c2ccccc2c(-c2cccc3ccccc23)c2ccccc12. The average Bonchev–Trinajstić information content (AvgIpc) is 3.18. The lowest BCUT2D eigenvalue weighted by atomic mass is 9.81. The van der Waals surface area contributed by atoms with Gasteiger partial charge in [-0.15, -0.1) is 0 Å². The van der Waals surface area contributed by atoms with Crippen LogP contribution < -0.4 is 0 Å². The smallest absolute Gasteiger partial charge is 0.00201 e. The Morgan fingerprint density at radius 3 is 1.42 bits per heavy atom. The summed E-state index contributed by atoms with van der Waals surface area (Å²) in [5.74, 6) is 0. The Kier molecular flexibility index (Phi) is 6.54. The summed E-state index contributed by atoms with van der Waals surface area (Å²) in [6.45, 7) is 4.62. The molecule has 10 aromatic rings. The summed E-state index contributed by atoms with van der Waals surface area (Å²) >= 11 is 0. The Morgan fingerprint density at radius 2 is 0.760 bits per heavy atom. The van der Waals surface area contributed by atoms with Crippen LogP contribution in [0, 0.1) is 0 Å². The molecule has 10 aromatic carbocycles. The maximum atomic E-state index is 2.53. The van der Waals surface area contributed by atoms with Crippen LogP contribution in [0.2, 0.25) is 0 Å². The van der Waals surface area contributed by atoms with Crippen LogP contribution in [-0.4, -0.2) is 0 Å². The van der Waals surface area contributed by atoms with Crippen LogP contribution in [0.25, 0.3) is 98.0 Å².